The predicted octanol–water partition coefficient (Wildman–Crippen LogP) is 6.81. The third-order valence-corrected chi connectivity index (χ3v) is 9.28. The number of fused-ring (bicyclic) bond motifs is 1. The second kappa shape index (κ2) is 36.5. The number of hydrogen-bond acceptors (Lipinski definition) is 14. The van der Waals surface area contributed by atoms with Crippen LogP contribution in [0.15, 0.2) is 84.9 Å². The van der Waals surface area contributed by atoms with E-state index in [1.165, 1.54) is 11.1 Å². The van der Waals surface area contributed by atoms with Crippen molar-refractivity contribution in [3.63, 3.8) is 0 Å². The molecule has 0 saturated heterocycles. The van der Waals surface area contributed by atoms with Crippen LogP contribution in [0.5, 0.6) is 11.5 Å². The van der Waals surface area contributed by atoms with Gasteiger partial charge in [0.25, 0.3) is 0 Å². The topological polar surface area (TPSA) is 129 Å². The van der Waals surface area contributed by atoms with E-state index in [0.29, 0.717) is 183 Å². The van der Waals surface area contributed by atoms with Gasteiger partial charge in [0.2, 0.25) is 0 Å². The van der Waals surface area contributed by atoms with E-state index < -0.39 is 0 Å². The molecule has 0 unspecified atom stereocenters. The molecule has 0 radical (unpaired) electrons. The van der Waals surface area contributed by atoms with Crippen LogP contribution in [0.3, 0.4) is 0 Å². The van der Waals surface area contributed by atoms with E-state index in [1.807, 2.05) is 36.4 Å². The molecule has 14 heteroatoms. The lowest BCUT2D eigenvalue weighted by Gasteiger charge is -2.15. The van der Waals surface area contributed by atoms with Crippen LogP contribution in [0.2, 0.25) is 0 Å². The summed E-state index contributed by atoms with van der Waals surface area (Å²) in [5.74, 6) is 1.31. The summed E-state index contributed by atoms with van der Waals surface area (Å²) in [4.78, 5) is 0. The molecular formula is C50H72O14. The molecule has 14 nitrogen and oxygen atoms in total. The highest BCUT2D eigenvalue weighted by Crippen LogP contribution is 2.32. The van der Waals surface area contributed by atoms with Gasteiger partial charge in [-0.3, -0.25) is 0 Å². The Balaban J connectivity index is 0.881. The molecule has 0 bridgehead atoms. The third kappa shape index (κ3) is 26.3. The molecule has 0 atom stereocenters. The lowest BCUT2D eigenvalue weighted by molar-refractivity contribution is -0.0189. The summed E-state index contributed by atoms with van der Waals surface area (Å²) in [5.41, 5.74) is 4.81. The predicted molar refractivity (Wildman–Crippen MR) is 245 cm³/mol. The first-order valence-electron chi connectivity index (χ1n) is 22.5. The van der Waals surface area contributed by atoms with E-state index in [2.05, 4.69) is 62.4 Å². The highest BCUT2D eigenvalue weighted by atomic mass is 16.6. The molecule has 0 heterocycles. The van der Waals surface area contributed by atoms with Crippen molar-refractivity contribution in [2.75, 3.05) is 159 Å². The summed E-state index contributed by atoms with van der Waals surface area (Å²) in [6.07, 6.45) is 0. The maximum absolute atomic E-state index is 6.07. The molecule has 0 aliphatic heterocycles. The van der Waals surface area contributed by atoms with E-state index >= 15 is 0 Å². The molecule has 0 fully saturated rings. The number of aryl methyl sites for hydroxylation is 2. The quantitative estimate of drug-likeness (QED) is 0.0432. The van der Waals surface area contributed by atoms with Gasteiger partial charge in [-0.05, 0) is 47.9 Å². The van der Waals surface area contributed by atoms with Crippen molar-refractivity contribution in [1.82, 2.24) is 0 Å². The Hall–Kier alpha value is -3.74. The fourth-order valence-corrected chi connectivity index (χ4v) is 5.79. The van der Waals surface area contributed by atoms with Crippen molar-refractivity contribution < 1.29 is 66.3 Å². The number of rotatable bonds is 42. The van der Waals surface area contributed by atoms with E-state index in [1.54, 1.807) is 0 Å². The van der Waals surface area contributed by atoms with Gasteiger partial charge in [-0.2, -0.15) is 0 Å². The maximum atomic E-state index is 6.07. The summed E-state index contributed by atoms with van der Waals surface area (Å²) in [5, 5.41) is 2.13. The van der Waals surface area contributed by atoms with Crippen LogP contribution in [0, 0.1) is 13.8 Å². The summed E-state index contributed by atoms with van der Waals surface area (Å²) in [7, 11) is 0. The normalized spacial score (nSPS) is 11.5. The first-order chi connectivity index (χ1) is 31.7. The van der Waals surface area contributed by atoms with Crippen LogP contribution in [-0.2, 0) is 70.1 Å². The summed E-state index contributed by atoms with van der Waals surface area (Å²) in [6, 6.07) is 28.7. The summed E-state index contributed by atoms with van der Waals surface area (Å²) in [6.45, 7) is 17.0. The van der Waals surface area contributed by atoms with Gasteiger partial charge in [-0.25, -0.2) is 0 Å². The van der Waals surface area contributed by atoms with Crippen molar-refractivity contribution in [2.24, 2.45) is 0 Å². The fourth-order valence-electron chi connectivity index (χ4n) is 5.79. The van der Waals surface area contributed by atoms with Gasteiger partial charge >= 0.3 is 0 Å². The minimum Gasteiger partial charge on any atom is -0.487 e. The Morgan fingerprint density at radius 3 is 0.766 bits per heavy atom. The van der Waals surface area contributed by atoms with Gasteiger partial charge in [0.05, 0.1) is 159 Å². The fraction of sp³-hybridized carbons (Fsp3) is 0.560. The summed E-state index contributed by atoms with van der Waals surface area (Å²) >= 11 is 0. The Labute approximate surface area is 380 Å². The van der Waals surface area contributed by atoms with Crippen LogP contribution in [0.1, 0.15) is 22.3 Å². The molecule has 4 aromatic carbocycles. The standard InChI is InChI=1S/C50H72O14/c1-43-7-11-45(12-8-43)41-61-33-31-57-25-23-53-17-15-51-19-21-55-27-29-59-35-37-63-49-39-47-5-3-4-6-48(47)40-50(49)64-38-36-60-30-28-56-22-20-52-16-18-54-24-26-58-32-34-62-42-46-13-9-44(2)10-14-46/h3-14,39-40H,15-38,41-42H2,1-2H3. The highest BCUT2D eigenvalue weighted by molar-refractivity contribution is 5.86. The molecular weight excluding hydrogens is 825 g/mol. The second-order valence-electron chi connectivity index (χ2n) is 14.5. The van der Waals surface area contributed by atoms with Gasteiger partial charge in [0, 0.05) is 0 Å². The highest BCUT2D eigenvalue weighted by Gasteiger charge is 2.09. The number of benzene rings is 4. The van der Waals surface area contributed by atoms with E-state index in [0.717, 1.165) is 21.9 Å². The van der Waals surface area contributed by atoms with E-state index in [4.69, 9.17) is 66.3 Å². The van der Waals surface area contributed by atoms with Crippen molar-refractivity contribution in [1.29, 1.82) is 0 Å². The molecule has 0 spiro atoms. The SMILES string of the molecule is Cc1ccc(COCCOCCOCCOCCOCCOCCOc2cc3ccccc3cc2OCCOCCOCCOCCOCCOCCOCc2ccc(C)cc2)cc1. The van der Waals surface area contributed by atoms with Gasteiger partial charge in [0.1, 0.15) is 13.2 Å². The first-order valence-corrected chi connectivity index (χ1v) is 22.5. The Morgan fingerprint density at radius 2 is 0.500 bits per heavy atom. The van der Waals surface area contributed by atoms with Crippen molar-refractivity contribution in [3.8, 4) is 11.5 Å². The molecule has 0 N–H and O–H groups in total. The van der Waals surface area contributed by atoms with Crippen molar-refractivity contribution in [3.05, 3.63) is 107 Å². The molecule has 0 aliphatic rings. The van der Waals surface area contributed by atoms with Gasteiger partial charge < -0.3 is 66.3 Å². The minimum absolute atomic E-state index is 0.371. The zero-order valence-electron chi connectivity index (χ0n) is 38.2. The van der Waals surface area contributed by atoms with E-state index in [-0.39, 0.29) is 0 Å². The molecule has 0 aromatic heterocycles. The van der Waals surface area contributed by atoms with Crippen LogP contribution >= 0.6 is 0 Å². The van der Waals surface area contributed by atoms with E-state index in [9.17, 15) is 0 Å². The number of hydrogen-bond donors (Lipinski definition) is 0. The minimum atomic E-state index is 0.371. The lowest BCUT2D eigenvalue weighted by atomic mass is 10.1. The zero-order chi connectivity index (χ0) is 44.8. The Morgan fingerprint density at radius 1 is 0.266 bits per heavy atom. The van der Waals surface area contributed by atoms with Crippen LogP contribution < -0.4 is 9.47 Å². The van der Waals surface area contributed by atoms with Gasteiger partial charge in [-0.1, -0.05) is 83.9 Å². The zero-order valence-corrected chi connectivity index (χ0v) is 38.2. The molecule has 4 aromatic rings. The largest absolute Gasteiger partial charge is 0.487 e. The Bertz CT molecular complexity index is 1570. The number of ether oxygens (including phenoxy) is 14. The molecule has 356 valence electrons. The summed E-state index contributed by atoms with van der Waals surface area (Å²) < 4.78 is 79.4. The molecule has 0 aliphatic carbocycles. The van der Waals surface area contributed by atoms with Crippen molar-refractivity contribution >= 4 is 10.8 Å². The molecule has 0 saturated carbocycles. The van der Waals surface area contributed by atoms with Crippen LogP contribution in [0.25, 0.3) is 10.8 Å². The maximum Gasteiger partial charge on any atom is 0.161 e. The third-order valence-electron chi connectivity index (χ3n) is 9.28. The Kier molecular flexibility index (Phi) is 30.1. The molecule has 0 amide bonds. The first kappa shape index (κ1) is 52.9. The smallest absolute Gasteiger partial charge is 0.161 e. The molecule has 4 rings (SSSR count). The monoisotopic (exact) mass is 896 g/mol. The lowest BCUT2D eigenvalue weighted by Crippen LogP contribution is -2.15. The van der Waals surface area contributed by atoms with Crippen LogP contribution in [-0.4, -0.2) is 159 Å². The van der Waals surface area contributed by atoms with Gasteiger partial charge in [0.15, 0.2) is 11.5 Å². The average Bonchev–Trinajstić information content (AvgIpc) is 3.31. The van der Waals surface area contributed by atoms with Crippen molar-refractivity contribution in [2.45, 2.75) is 27.1 Å². The van der Waals surface area contributed by atoms with Gasteiger partial charge in [-0.15, -0.1) is 0 Å². The second-order valence-corrected chi connectivity index (χ2v) is 14.5. The average molecular weight is 897 g/mol. The molecule has 64 heavy (non-hydrogen) atoms. The van der Waals surface area contributed by atoms with Crippen LogP contribution in [0.4, 0.5) is 0 Å².